The molecule has 8 nitrogen and oxygen atoms in total. The highest BCUT2D eigenvalue weighted by molar-refractivity contribution is 7.91. The number of hydrogen-bond acceptors (Lipinski definition) is 6. The Labute approximate surface area is 181 Å². The van der Waals surface area contributed by atoms with E-state index in [-0.39, 0.29) is 17.4 Å². The molecular formula is C21H27FN2O6S. The van der Waals surface area contributed by atoms with E-state index in [2.05, 4.69) is 0 Å². The Morgan fingerprint density at radius 2 is 1.74 bits per heavy atom. The van der Waals surface area contributed by atoms with Crippen molar-refractivity contribution in [2.45, 2.75) is 38.3 Å². The Morgan fingerprint density at radius 3 is 2.29 bits per heavy atom. The summed E-state index contributed by atoms with van der Waals surface area (Å²) >= 11 is 0. The van der Waals surface area contributed by atoms with Gasteiger partial charge in [0, 0.05) is 31.7 Å². The molecule has 0 radical (unpaired) electrons. The van der Waals surface area contributed by atoms with Crippen LogP contribution in [0.4, 0.5) is 4.39 Å². The molecule has 2 heterocycles. The van der Waals surface area contributed by atoms with E-state index in [1.54, 1.807) is 4.90 Å². The number of nitrogens with zero attached hydrogens (tertiary/aromatic N) is 2. The summed E-state index contributed by atoms with van der Waals surface area (Å²) in [7, 11) is -1.60. The van der Waals surface area contributed by atoms with Gasteiger partial charge in [-0.05, 0) is 50.5 Å². The van der Waals surface area contributed by atoms with Crippen molar-refractivity contribution in [3.05, 3.63) is 35.6 Å². The lowest BCUT2D eigenvalue weighted by atomic mass is 9.96. The van der Waals surface area contributed by atoms with Gasteiger partial charge < -0.3 is 14.5 Å². The number of sulfone groups is 1. The molecule has 2 fully saturated rings. The molecule has 31 heavy (non-hydrogen) atoms. The van der Waals surface area contributed by atoms with Crippen LogP contribution in [0, 0.1) is 11.7 Å². The van der Waals surface area contributed by atoms with Crippen LogP contribution in [-0.4, -0.2) is 79.8 Å². The van der Waals surface area contributed by atoms with Crippen LogP contribution < -0.4 is 0 Å². The number of carbonyl (C=O) groups excluding carboxylic acids is 3. The quantitative estimate of drug-likeness (QED) is 0.621. The highest BCUT2D eigenvalue weighted by atomic mass is 32.2. The second-order valence-electron chi connectivity index (χ2n) is 8.16. The van der Waals surface area contributed by atoms with Crippen LogP contribution in [0.3, 0.4) is 0 Å². The number of amides is 2. The van der Waals surface area contributed by atoms with Crippen molar-refractivity contribution in [1.29, 1.82) is 0 Å². The van der Waals surface area contributed by atoms with Gasteiger partial charge in [-0.1, -0.05) is 0 Å². The van der Waals surface area contributed by atoms with Crippen LogP contribution in [0.5, 0.6) is 0 Å². The number of carbonyl (C=O) groups is 3. The van der Waals surface area contributed by atoms with Crippen LogP contribution >= 0.6 is 0 Å². The fraction of sp³-hybridized carbons (Fsp3) is 0.571. The smallest absolute Gasteiger partial charge is 0.309 e. The summed E-state index contributed by atoms with van der Waals surface area (Å²) in [5.41, 5.74) is 0.388. The highest BCUT2D eigenvalue weighted by Gasteiger charge is 2.36. The minimum Gasteiger partial charge on any atom is -0.452 e. The van der Waals surface area contributed by atoms with Gasteiger partial charge in [-0.2, -0.15) is 0 Å². The normalized spacial score (nSPS) is 22.0. The molecule has 0 saturated carbocycles. The minimum absolute atomic E-state index is 0.0542. The van der Waals surface area contributed by atoms with E-state index < -0.39 is 45.6 Å². The molecule has 3 rings (SSSR count). The topological polar surface area (TPSA) is 101 Å². The molecule has 2 atom stereocenters. The van der Waals surface area contributed by atoms with E-state index in [9.17, 15) is 27.2 Å². The molecule has 0 bridgehead atoms. The first-order valence-electron chi connectivity index (χ1n) is 10.3. The minimum atomic E-state index is -3.13. The number of benzene rings is 1. The van der Waals surface area contributed by atoms with Crippen molar-refractivity contribution in [1.82, 2.24) is 9.80 Å². The Bertz CT molecular complexity index is 941. The Morgan fingerprint density at radius 1 is 1.13 bits per heavy atom. The second kappa shape index (κ2) is 9.33. The van der Waals surface area contributed by atoms with E-state index in [0.29, 0.717) is 37.9 Å². The van der Waals surface area contributed by atoms with Gasteiger partial charge in [0.2, 0.25) is 0 Å². The number of likely N-dealkylation sites (N-methyl/N-ethyl adjacent to an activating group) is 1. The zero-order valence-corrected chi connectivity index (χ0v) is 18.4. The monoisotopic (exact) mass is 454 g/mol. The highest BCUT2D eigenvalue weighted by Crippen LogP contribution is 2.22. The molecule has 10 heteroatoms. The number of halogens is 1. The summed E-state index contributed by atoms with van der Waals surface area (Å²) < 4.78 is 41.7. The number of likely N-dealkylation sites (tertiary alicyclic amines) is 1. The number of ether oxygens (including phenoxy) is 1. The lowest BCUT2D eigenvalue weighted by Crippen LogP contribution is -2.45. The summed E-state index contributed by atoms with van der Waals surface area (Å²) in [6.07, 6.45) is 0.179. The van der Waals surface area contributed by atoms with Gasteiger partial charge in [0.05, 0.1) is 17.4 Å². The molecule has 2 unspecified atom stereocenters. The van der Waals surface area contributed by atoms with E-state index in [0.717, 1.165) is 0 Å². The van der Waals surface area contributed by atoms with Gasteiger partial charge in [-0.3, -0.25) is 14.4 Å². The van der Waals surface area contributed by atoms with Crippen LogP contribution in [0.2, 0.25) is 0 Å². The van der Waals surface area contributed by atoms with E-state index in [1.807, 2.05) is 0 Å². The largest absolute Gasteiger partial charge is 0.452 e. The first kappa shape index (κ1) is 23.2. The van der Waals surface area contributed by atoms with Crippen molar-refractivity contribution >= 4 is 27.6 Å². The SMILES string of the molecule is CC(OC(=O)C1CCN(C(=O)c2ccc(F)cc2)CC1)C(=O)N(C)C1CCS(=O)(=O)C1. The first-order chi connectivity index (χ1) is 14.6. The molecule has 0 aromatic heterocycles. The lowest BCUT2D eigenvalue weighted by Gasteiger charge is -2.32. The fourth-order valence-corrected chi connectivity index (χ4v) is 5.74. The van der Waals surface area contributed by atoms with Crippen LogP contribution in [0.15, 0.2) is 24.3 Å². The molecule has 2 aliphatic heterocycles. The van der Waals surface area contributed by atoms with Crippen LogP contribution in [0.25, 0.3) is 0 Å². The van der Waals surface area contributed by atoms with E-state index in [1.165, 1.54) is 43.1 Å². The summed E-state index contributed by atoms with van der Waals surface area (Å²) in [5.74, 6) is -2.01. The maximum atomic E-state index is 13.0. The summed E-state index contributed by atoms with van der Waals surface area (Å²) in [4.78, 5) is 40.5. The fourth-order valence-electron chi connectivity index (χ4n) is 3.96. The molecule has 2 amide bonds. The maximum Gasteiger partial charge on any atom is 0.309 e. The number of rotatable bonds is 5. The Balaban J connectivity index is 1.48. The summed E-state index contributed by atoms with van der Waals surface area (Å²) in [6, 6.07) is 4.91. The predicted octanol–water partition coefficient (Wildman–Crippen LogP) is 1.26. The number of esters is 1. The molecule has 2 saturated heterocycles. The van der Waals surface area contributed by atoms with Crippen molar-refractivity contribution < 1.29 is 31.9 Å². The number of hydrogen-bond donors (Lipinski definition) is 0. The van der Waals surface area contributed by atoms with Gasteiger partial charge in [-0.15, -0.1) is 0 Å². The molecule has 0 spiro atoms. The average Bonchev–Trinajstić information content (AvgIpc) is 3.12. The zero-order chi connectivity index (χ0) is 22.8. The predicted molar refractivity (Wildman–Crippen MR) is 110 cm³/mol. The van der Waals surface area contributed by atoms with Gasteiger partial charge in [0.25, 0.3) is 11.8 Å². The lowest BCUT2D eigenvalue weighted by molar-refractivity contribution is -0.163. The second-order valence-corrected chi connectivity index (χ2v) is 10.4. The third kappa shape index (κ3) is 5.61. The Kier molecular flexibility index (Phi) is 6.98. The van der Waals surface area contributed by atoms with Gasteiger partial charge in [-0.25, -0.2) is 12.8 Å². The van der Waals surface area contributed by atoms with E-state index in [4.69, 9.17) is 4.74 Å². The molecule has 2 aliphatic rings. The van der Waals surface area contributed by atoms with Gasteiger partial charge >= 0.3 is 5.97 Å². The van der Waals surface area contributed by atoms with Crippen molar-refractivity contribution in [2.75, 3.05) is 31.6 Å². The maximum absolute atomic E-state index is 13.0. The third-order valence-electron chi connectivity index (χ3n) is 5.95. The van der Waals surface area contributed by atoms with Crippen molar-refractivity contribution in [2.24, 2.45) is 5.92 Å². The standard InChI is InChI=1S/C21H27FN2O6S/c1-14(19(25)23(2)18-9-12-31(28,29)13-18)30-21(27)16-7-10-24(11-8-16)20(26)15-3-5-17(22)6-4-15/h3-6,14,16,18H,7-13H2,1-2H3. The molecule has 1 aromatic rings. The number of piperidine rings is 1. The average molecular weight is 455 g/mol. The van der Waals surface area contributed by atoms with Gasteiger partial charge in [0.1, 0.15) is 5.82 Å². The van der Waals surface area contributed by atoms with Crippen molar-refractivity contribution in [3.8, 4) is 0 Å². The Hall–Kier alpha value is -2.49. The molecule has 0 aliphatic carbocycles. The van der Waals surface area contributed by atoms with Crippen LogP contribution in [0.1, 0.15) is 36.5 Å². The summed E-state index contributed by atoms with van der Waals surface area (Å²) in [5, 5.41) is 0. The molecular weight excluding hydrogens is 427 g/mol. The third-order valence-corrected chi connectivity index (χ3v) is 7.70. The van der Waals surface area contributed by atoms with Crippen LogP contribution in [-0.2, 0) is 24.2 Å². The molecule has 170 valence electrons. The molecule has 0 N–H and O–H groups in total. The molecule has 1 aromatic carbocycles. The van der Waals surface area contributed by atoms with E-state index >= 15 is 0 Å². The summed E-state index contributed by atoms with van der Waals surface area (Å²) in [6.45, 7) is 2.20. The zero-order valence-electron chi connectivity index (χ0n) is 17.6. The first-order valence-corrected chi connectivity index (χ1v) is 12.1. The van der Waals surface area contributed by atoms with Crippen molar-refractivity contribution in [3.63, 3.8) is 0 Å². The van der Waals surface area contributed by atoms with Gasteiger partial charge in [0.15, 0.2) is 15.9 Å².